The Hall–Kier alpha value is -1.36. The van der Waals surface area contributed by atoms with Gasteiger partial charge in [-0.3, -0.25) is 9.48 Å². The van der Waals surface area contributed by atoms with Gasteiger partial charge >= 0.3 is 0 Å². The van der Waals surface area contributed by atoms with Crippen LogP contribution in [-0.4, -0.2) is 28.3 Å². The van der Waals surface area contributed by atoms with Gasteiger partial charge in [0.1, 0.15) is 0 Å². The maximum Gasteiger partial charge on any atom is 0.237 e. The second-order valence-electron chi connectivity index (χ2n) is 4.91. The van der Waals surface area contributed by atoms with Gasteiger partial charge in [0.15, 0.2) is 0 Å². The highest BCUT2D eigenvalue weighted by Gasteiger charge is 2.21. The predicted molar refractivity (Wildman–Crippen MR) is 70.1 cm³/mol. The van der Waals surface area contributed by atoms with E-state index in [0.717, 1.165) is 31.5 Å². The molecule has 0 saturated carbocycles. The Balaban J connectivity index is 1.86. The molecule has 2 heterocycles. The Morgan fingerprint density at radius 1 is 1.67 bits per heavy atom. The van der Waals surface area contributed by atoms with Crippen molar-refractivity contribution in [1.82, 2.24) is 20.4 Å². The first kappa shape index (κ1) is 13.1. The number of piperidine rings is 1. The van der Waals surface area contributed by atoms with Crippen molar-refractivity contribution in [3.8, 4) is 0 Å². The van der Waals surface area contributed by atoms with Crippen LogP contribution in [0.2, 0.25) is 0 Å². The average Bonchev–Trinajstić information content (AvgIpc) is 2.86. The summed E-state index contributed by atoms with van der Waals surface area (Å²) in [6.45, 7) is 5.76. The second kappa shape index (κ2) is 6.00. The van der Waals surface area contributed by atoms with Crippen LogP contribution in [0.5, 0.6) is 0 Å². The number of carbonyl (C=O) groups excluding carboxylic acids is 1. The van der Waals surface area contributed by atoms with Crippen molar-refractivity contribution in [2.75, 3.05) is 6.54 Å². The summed E-state index contributed by atoms with van der Waals surface area (Å²) < 4.78 is 1.98. The van der Waals surface area contributed by atoms with Crippen molar-refractivity contribution in [3.05, 3.63) is 18.0 Å². The zero-order chi connectivity index (χ0) is 13.0. The number of nitrogens with zero attached hydrogens (tertiary/aromatic N) is 2. The van der Waals surface area contributed by atoms with Gasteiger partial charge in [-0.2, -0.15) is 5.10 Å². The molecule has 100 valence electrons. The van der Waals surface area contributed by atoms with E-state index in [0.29, 0.717) is 12.6 Å². The number of hydrogen-bond donors (Lipinski definition) is 2. The molecule has 1 saturated heterocycles. The third-order valence-electron chi connectivity index (χ3n) is 3.52. The van der Waals surface area contributed by atoms with Gasteiger partial charge < -0.3 is 10.6 Å². The molecule has 1 fully saturated rings. The van der Waals surface area contributed by atoms with Gasteiger partial charge in [0.2, 0.25) is 5.91 Å². The zero-order valence-electron chi connectivity index (χ0n) is 11.1. The van der Waals surface area contributed by atoms with Crippen molar-refractivity contribution < 1.29 is 4.79 Å². The Bertz CT molecular complexity index is 401. The van der Waals surface area contributed by atoms with E-state index in [1.165, 1.54) is 0 Å². The van der Waals surface area contributed by atoms with Gasteiger partial charge in [-0.1, -0.05) is 6.92 Å². The molecule has 0 aromatic carbocycles. The summed E-state index contributed by atoms with van der Waals surface area (Å²) in [5, 5.41) is 10.7. The number of amides is 1. The minimum Gasteiger partial charge on any atom is -0.355 e. The monoisotopic (exact) mass is 250 g/mol. The standard InChI is InChI=1S/C13H22N4O/c1-3-10(2)17-8-6-11(16-17)9-15-12-5-4-7-14-13(12)18/h6,8,10,12,15H,3-5,7,9H2,1-2H3,(H,14,18). The van der Waals surface area contributed by atoms with Crippen molar-refractivity contribution in [2.45, 2.75) is 51.7 Å². The molecule has 18 heavy (non-hydrogen) atoms. The van der Waals surface area contributed by atoms with Crippen LogP contribution in [0.4, 0.5) is 0 Å². The molecule has 0 bridgehead atoms. The molecule has 2 N–H and O–H groups in total. The molecule has 2 rings (SSSR count). The van der Waals surface area contributed by atoms with E-state index >= 15 is 0 Å². The fraction of sp³-hybridized carbons (Fsp3) is 0.692. The molecule has 0 aliphatic carbocycles. The molecule has 1 aromatic rings. The van der Waals surface area contributed by atoms with Crippen LogP contribution in [-0.2, 0) is 11.3 Å². The van der Waals surface area contributed by atoms with Crippen molar-refractivity contribution in [2.24, 2.45) is 0 Å². The Kier molecular flexibility index (Phi) is 4.36. The molecule has 1 aromatic heterocycles. The normalized spacial score (nSPS) is 21.7. The summed E-state index contributed by atoms with van der Waals surface area (Å²) in [7, 11) is 0. The van der Waals surface area contributed by atoms with E-state index in [-0.39, 0.29) is 11.9 Å². The number of hydrogen-bond acceptors (Lipinski definition) is 3. The molecule has 0 radical (unpaired) electrons. The number of aromatic nitrogens is 2. The first-order valence-electron chi connectivity index (χ1n) is 6.76. The van der Waals surface area contributed by atoms with Crippen LogP contribution in [0.15, 0.2) is 12.3 Å². The maximum atomic E-state index is 11.6. The lowest BCUT2D eigenvalue weighted by atomic mass is 10.1. The maximum absolute atomic E-state index is 11.6. The molecule has 1 aliphatic rings. The topological polar surface area (TPSA) is 59.0 Å². The third-order valence-corrected chi connectivity index (χ3v) is 3.52. The Labute approximate surface area is 108 Å². The highest BCUT2D eigenvalue weighted by Crippen LogP contribution is 2.10. The van der Waals surface area contributed by atoms with E-state index in [4.69, 9.17) is 0 Å². The minimum absolute atomic E-state index is 0.0625. The van der Waals surface area contributed by atoms with Crippen LogP contribution in [0.25, 0.3) is 0 Å². The molecule has 2 atom stereocenters. The summed E-state index contributed by atoms with van der Waals surface area (Å²) in [6, 6.07) is 2.38. The molecule has 5 nitrogen and oxygen atoms in total. The molecule has 5 heteroatoms. The third kappa shape index (κ3) is 3.10. The van der Waals surface area contributed by atoms with E-state index < -0.39 is 0 Å². The first-order valence-corrected chi connectivity index (χ1v) is 6.76. The average molecular weight is 250 g/mol. The molecule has 1 aliphatic heterocycles. The van der Waals surface area contributed by atoms with Crippen molar-refractivity contribution >= 4 is 5.91 Å². The first-order chi connectivity index (χ1) is 8.70. The van der Waals surface area contributed by atoms with Crippen LogP contribution >= 0.6 is 0 Å². The summed E-state index contributed by atoms with van der Waals surface area (Å²) >= 11 is 0. The largest absolute Gasteiger partial charge is 0.355 e. The van der Waals surface area contributed by atoms with Crippen LogP contribution < -0.4 is 10.6 Å². The van der Waals surface area contributed by atoms with Gasteiger partial charge in [0.25, 0.3) is 0 Å². The van der Waals surface area contributed by atoms with Gasteiger partial charge in [0.05, 0.1) is 11.7 Å². The number of rotatable bonds is 5. The summed E-state index contributed by atoms with van der Waals surface area (Å²) in [5.74, 6) is 0.114. The van der Waals surface area contributed by atoms with Crippen LogP contribution in [0.3, 0.4) is 0 Å². The smallest absolute Gasteiger partial charge is 0.237 e. The molecule has 2 unspecified atom stereocenters. The van der Waals surface area contributed by atoms with Gasteiger partial charge in [-0.15, -0.1) is 0 Å². The van der Waals surface area contributed by atoms with Gasteiger partial charge in [0, 0.05) is 25.3 Å². The Morgan fingerprint density at radius 2 is 2.50 bits per heavy atom. The summed E-state index contributed by atoms with van der Waals surface area (Å²) in [4.78, 5) is 11.6. The SMILES string of the molecule is CCC(C)n1ccc(CNC2CCCNC2=O)n1. The van der Waals surface area contributed by atoms with E-state index in [9.17, 15) is 4.79 Å². The minimum atomic E-state index is -0.0625. The summed E-state index contributed by atoms with van der Waals surface area (Å²) in [5.41, 5.74) is 0.994. The summed E-state index contributed by atoms with van der Waals surface area (Å²) in [6.07, 6.45) is 5.04. The number of nitrogens with one attached hydrogen (secondary N) is 2. The van der Waals surface area contributed by atoms with Crippen LogP contribution in [0, 0.1) is 0 Å². The highest BCUT2D eigenvalue weighted by atomic mass is 16.2. The van der Waals surface area contributed by atoms with Crippen LogP contribution in [0.1, 0.15) is 44.8 Å². The highest BCUT2D eigenvalue weighted by molar-refractivity contribution is 5.82. The van der Waals surface area contributed by atoms with E-state index in [1.54, 1.807) is 0 Å². The van der Waals surface area contributed by atoms with E-state index in [2.05, 4.69) is 29.6 Å². The fourth-order valence-corrected chi connectivity index (χ4v) is 2.10. The van der Waals surface area contributed by atoms with Gasteiger partial charge in [-0.05, 0) is 32.3 Å². The molecule has 0 spiro atoms. The van der Waals surface area contributed by atoms with Crippen molar-refractivity contribution in [1.29, 1.82) is 0 Å². The Morgan fingerprint density at radius 3 is 3.22 bits per heavy atom. The lowest BCUT2D eigenvalue weighted by molar-refractivity contribution is -0.124. The second-order valence-corrected chi connectivity index (χ2v) is 4.91. The van der Waals surface area contributed by atoms with Crippen molar-refractivity contribution in [3.63, 3.8) is 0 Å². The van der Waals surface area contributed by atoms with E-state index in [1.807, 2.05) is 16.9 Å². The molecular weight excluding hydrogens is 228 g/mol. The fourth-order valence-electron chi connectivity index (χ4n) is 2.10. The van der Waals surface area contributed by atoms with Gasteiger partial charge in [-0.25, -0.2) is 0 Å². The lowest BCUT2D eigenvalue weighted by Crippen LogP contribution is -2.47. The molecular formula is C13H22N4O. The lowest BCUT2D eigenvalue weighted by Gasteiger charge is -2.22. The molecule has 1 amide bonds. The number of carbonyl (C=O) groups is 1. The quantitative estimate of drug-likeness (QED) is 0.826. The predicted octanol–water partition coefficient (Wildman–Crippen LogP) is 1.22. The zero-order valence-corrected chi connectivity index (χ0v) is 11.1.